The Morgan fingerprint density at radius 2 is 1.77 bits per heavy atom. The molecule has 0 aliphatic heterocycles. The number of hydrogen-bond acceptors (Lipinski definition) is 3. The van der Waals surface area contributed by atoms with Crippen molar-refractivity contribution in [3.8, 4) is 5.75 Å². The third-order valence-electron chi connectivity index (χ3n) is 5.20. The van der Waals surface area contributed by atoms with Crippen LogP contribution in [0.1, 0.15) is 38.8 Å². The van der Waals surface area contributed by atoms with Crippen LogP contribution in [0.25, 0.3) is 10.9 Å². The first-order valence-corrected chi connectivity index (χ1v) is 10.4. The van der Waals surface area contributed by atoms with Gasteiger partial charge in [0.25, 0.3) is 0 Å². The Hall–Kier alpha value is -3.08. The van der Waals surface area contributed by atoms with Crippen LogP contribution in [0.3, 0.4) is 0 Å². The fourth-order valence-electron chi connectivity index (χ4n) is 3.46. The van der Waals surface area contributed by atoms with Crippen LogP contribution < -0.4 is 10.1 Å². The quantitative estimate of drug-likeness (QED) is 0.543. The van der Waals surface area contributed by atoms with Gasteiger partial charge in [-0.25, -0.2) is 0 Å². The number of ketones is 1. The first-order chi connectivity index (χ1) is 14.3. The third-order valence-corrected chi connectivity index (χ3v) is 5.20. The lowest BCUT2D eigenvalue weighted by Crippen LogP contribution is -2.46. The second-order valence-corrected chi connectivity index (χ2v) is 8.32. The highest BCUT2D eigenvalue weighted by Crippen LogP contribution is 2.25. The predicted octanol–water partition coefficient (Wildman–Crippen LogP) is 4.66. The number of fused-ring (bicyclic) bond motifs is 1. The van der Waals surface area contributed by atoms with Gasteiger partial charge in [-0.1, -0.05) is 58.0 Å². The van der Waals surface area contributed by atoms with Gasteiger partial charge in [0.05, 0.1) is 12.5 Å². The van der Waals surface area contributed by atoms with Crippen molar-refractivity contribution in [2.45, 2.75) is 46.8 Å². The fourth-order valence-corrected chi connectivity index (χ4v) is 3.46. The summed E-state index contributed by atoms with van der Waals surface area (Å²) in [6, 6.07) is 15.4. The molecular weight excluding hydrogens is 376 g/mol. The van der Waals surface area contributed by atoms with Crippen molar-refractivity contribution in [1.29, 1.82) is 0 Å². The Labute approximate surface area is 177 Å². The van der Waals surface area contributed by atoms with Gasteiger partial charge in [0.2, 0.25) is 5.91 Å². The summed E-state index contributed by atoms with van der Waals surface area (Å²) in [7, 11) is 0. The zero-order valence-corrected chi connectivity index (χ0v) is 18.1. The molecule has 1 heterocycles. The minimum absolute atomic E-state index is 0.0461. The summed E-state index contributed by atoms with van der Waals surface area (Å²) >= 11 is 0. The van der Waals surface area contributed by atoms with E-state index in [9.17, 15) is 9.59 Å². The number of amides is 1. The number of carbonyl (C=O) groups is 2. The number of carbonyl (C=O) groups excluding carboxylic acids is 2. The summed E-state index contributed by atoms with van der Waals surface area (Å²) in [4.78, 5) is 28.3. The van der Waals surface area contributed by atoms with Gasteiger partial charge in [0.1, 0.15) is 12.4 Å². The lowest BCUT2D eigenvalue weighted by molar-refractivity contribution is -0.130. The molecule has 0 radical (unpaired) electrons. The molecule has 0 aliphatic carbocycles. The molecule has 30 heavy (non-hydrogen) atoms. The summed E-state index contributed by atoms with van der Waals surface area (Å²) in [5.41, 5.74) is 2.93. The molecule has 3 rings (SSSR count). The average Bonchev–Trinajstić information content (AvgIpc) is 3.12. The number of H-pyrrole nitrogens is 1. The smallest absolute Gasteiger partial charge is 0.225 e. The van der Waals surface area contributed by atoms with E-state index >= 15 is 0 Å². The van der Waals surface area contributed by atoms with Crippen molar-refractivity contribution in [2.24, 2.45) is 11.8 Å². The monoisotopic (exact) mass is 406 g/mol. The molecule has 0 bridgehead atoms. The summed E-state index contributed by atoms with van der Waals surface area (Å²) in [5.74, 6) is 0.593. The zero-order chi connectivity index (χ0) is 21.7. The van der Waals surface area contributed by atoms with E-state index < -0.39 is 6.04 Å². The third kappa shape index (κ3) is 5.29. The number of nitrogens with one attached hydrogen (secondary N) is 2. The van der Waals surface area contributed by atoms with Crippen molar-refractivity contribution in [1.82, 2.24) is 10.3 Å². The lowest BCUT2D eigenvalue weighted by Gasteiger charge is -2.23. The van der Waals surface area contributed by atoms with Crippen LogP contribution in [0.2, 0.25) is 0 Å². The maximum Gasteiger partial charge on any atom is 0.225 e. The number of Topliss-reactive ketones (excluding diaryl/α,β-unsaturated/α-hetero) is 1. The van der Waals surface area contributed by atoms with E-state index in [1.54, 1.807) is 0 Å². The van der Waals surface area contributed by atoms with E-state index in [1.807, 2.05) is 82.4 Å². The molecule has 0 fully saturated rings. The van der Waals surface area contributed by atoms with Gasteiger partial charge >= 0.3 is 0 Å². The van der Waals surface area contributed by atoms with Crippen molar-refractivity contribution < 1.29 is 14.3 Å². The molecule has 0 saturated heterocycles. The van der Waals surface area contributed by atoms with Gasteiger partial charge in [-0.15, -0.1) is 0 Å². The van der Waals surface area contributed by atoms with Gasteiger partial charge in [-0.3, -0.25) is 9.59 Å². The minimum Gasteiger partial charge on any atom is -0.489 e. The summed E-state index contributed by atoms with van der Waals surface area (Å²) in [6.45, 7) is 8.11. The Balaban J connectivity index is 1.71. The van der Waals surface area contributed by atoms with E-state index in [4.69, 9.17) is 4.74 Å². The molecule has 2 N–H and O–H groups in total. The van der Waals surface area contributed by atoms with Gasteiger partial charge in [-0.2, -0.15) is 0 Å². The SMILES string of the molecule is CC(C)C(=O)[C@@H](NC(=O)Cc1c[nH]c2ccc(OCc3ccccc3)cc12)C(C)C. The minimum atomic E-state index is -0.465. The number of hydrogen-bond donors (Lipinski definition) is 2. The number of aromatic nitrogens is 1. The molecule has 1 amide bonds. The highest BCUT2D eigenvalue weighted by atomic mass is 16.5. The molecule has 1 atom stereocenters. The summed E-state index contributed by atoms with van der Waals surface area (Å²) in [5, 5.41) is 3.88. The van der Waals surface area contributed by atoms with E-state index in [-0.39, 0.29) is 29.9 Å². The maximum atomic E-state index is 12.7. The van der Waals surface area contributed by atoms with E-state index in [0.29, 0.717) is 6.61 Å². The number of ether oxygens (including phenoxy) is 1. The lowest BCUT2D eigenvalue weighted by atomic mass is 9.93. The van der Waals surface area contributed by atoms with Crippen LogP contribution in [-0.2, 0) is 22.6 Å². The van der Waals surface area contributed by atoms with Gasteiger partial charge in [-0.05, 0) is 35.2 Å². The highest BCUT2D eigenvalue weighted by molar-refractivity contribution is 5.93. The molecular formula is C25H30N2O3. The van der Waals surface area contributed by atoms with Crippen molar-refractivity contribution in [2.75, 3.05) is 0 Å². The Bertz CT molecular complexity index is 1010. The van der Waals surface area contributed by atoms with Gasteiger partial charge < -0.3 is 15.0 Å². The fraction of sp³-hybridized carbons (Fsp3) is 0.360. The standard InChI is InChI=1S/C25H30N2O3/c1-16(2)24(25(29)17(3)4)27-23(28)12-19-14-26-22-11-10-20(13-21(19)22)30-15-18-8-6-5-7-9-18/h5-11,13-14,16-17,24,26H,12,15H2,1-4H3,(H,27,28)/t24-/m0/s1. The maximum absolute atomic E-state index is 12.7. The second-order valence-electron chi connectivity index (χ2n) is 8.32. The molecule has 5 heteroatoms. The topological polar surface area (TPSA) is 71.2 Å². The molecule has 2 aromatic carbocycles. The number of benzene rings is 2. The van der Waals surface area contributed by atoms with E-state index in [2.05, 4.69) is 10.3 Å². The van der Waals surface area contributed by atoms with E-state index in [1.165, 1.54) is 0 Å². The summed E-state index contributed by atoms with van der Waals surface area (Å²) in [6.07, 6.45) is 2.05. The highest BCUT2D eigenvalue weighted by Gasteiger charge is 2.26. The Morgan fingerprint density at radius 1 is 1.03 bits per heavy atom. The molecule has 0 spiro atoms. The molecule has 0 aliphatic rings. The Kier molecular flexibility index (Phi) is 6.93. The van der Waals surface area contributed by atoms with Crippen LogP contribution >= 0.6 is 0 Å². The molecule has 0 saturated carbocycles. The van der Waals surface area contributed by atoms with E-state index in [0.717, 1.165) is 27.8 Å². The first kappa shape index (κ1) is 21.6. The van der Waals surface area contributed by atoms with Crippen LogP contribution in [-0.4, -0.2) is 22.7 Å². The molecule has 0 unspecified atom stereocenters. The Morgan fingerprint density at radius 3 is 2.43 bits per heavy atom. The zero-order valence-electron chi connectivity index (χ0n) is 18.1. The second kappa shape index (κ2) is 9.61. The normalized spacial score (nSPS) is 12.3. The predicted molar refractivity (Wildman–Crippen MR) is 119 cm³/mol. The average molecular weight is 407 g/mol. The molecule has 1 aromatic heterocycles. The van der Waals surface area contributed by atoms with Crippen molar-refractivity contribution in [3.05, 3.63) is 65.9 Å². The molecule has 3 aromatic rings. The van der Waals surface area contributed by atoms with Gasteiger partial charge in [0.15, 0.2) is 5.78 Å². The molecule has 5 nitrogen and oxygen atoms in total. The van der Waals surface area contributed by atoms with Crippen molar-refractivity contribution in [3.63, 3.8) is 0 Å². The van der Waals surface area contributed by atoms with Gasteiger partial charge in [0, 0.05) is 23.0 Å². The number of rotatable bonds is 9. The van der Waals surface area contributed by atoms with Crippen molar-refractivity contribution >= 4 is 22.6 Å². The van der Waals surface area contributed by atoms with Crippen LogP contribution in [0.5, 0.6) is 5.75 Å². The van der Waals surface area contributed by atoms with Crippen LogP contribution in [0, 0.1) is 11.8 Å². The van der Waals surface area contributed by atoms with Crippen LogP contribution in [0.15, 0.2) is 54.7 Å². The first-order valence-electron chi connectivity index (χ1n) is 10.4. The molecule has 158 valence electrons. The largest absolute Gasteiger partial charge is 0.489 e. The number of aromatic amines is 1. The summed E-state index contributed by atoms with van der Waals surface area (Å²) < 4.78 is 5.92. The van der Waals surface area contributed by atoms with Crippen LogP contribution in [0.4, 0.5) is 0 Å².